The number of piperidine rings is 1. The van der Waals surface area contributed by atoms with Crippen LogP contribution in [-0.4, -0.2) is 41.7 Å². The van der Waals surface area contributed by atoms with Gasteiger partial charge in [-0.05, 0) is 38.3 Å². The van der Waals surface area contributed by atoms with Crippen LogP contribution >= 0.6 is 0 Å². The number of hydrogen-bond donors (Lipinski definition) is 1. The van der Waals surface area contributed by atoms with Crippen LogP contribution in [0.1, 0.15) is 26.2 Å². The number of anilines is 1. The van der Waals surface area contributed by atoms with Crippen molar-refractivity contribution >= 4 is 22.9 Å². The number of amides is 1. The minimum Gasteiger partial charge on any atom is -0.502 e. The zero-order chi connectivity index (χ0) is 18.4. The Morgan fingerprint density at radius 1 is 1.38 bits per heavy atom. The maximum absolute atomic E-state index is 12.3. The van der Waals surface area contributed by atoms with Gasteiger partial charge in [0.05, 0.1) is 23.9 Å². The van der Waals surface area contributed by atoms with Crippen molar-refractivity contribution in [2.24, 2.45) is 5.92 Å². The molecule has 0 unspecified atom stereocenters. The van der Waals surface area contributed by atoms with Crippen LogP contribution in [-0.2, 0) is 16.1 Å². The van der Waals surface area contributed by atoms with E-state index in [0.29, 0.717) is 13.2 Å². The van der Waals surface area contributed by atoms with E-state index in [-0.39, 0.29) is 11.8 Å². The lowest BCUT2D eigenvalue weighted by molar-refractivity contribution is -0.125. The molecule has 1 aromatic carbocycles. The van der Waals surface area contributed by atoms with Gasteiger partial charge in [-0.25, -0.2) is 4.98 Å². The molecule has 140 valence electrons. The number of ether oxygens (including phenoxy) is 1. The third kappa shape index (κ3) is 4.00. The molecule has 6 nitrogen and oxygen atoms in total. The fourth-order valence-corrected chi connectivity index (χ4v) is 3.55. The van der Waals surface area contributed by atoms with Gasteiger partial charge in [0.1, 0.15) is 0 Å². The van der Waals surface area contributed by atoms with E-state index in [4.69, 9.17) is 9.72 Å². The van der Waals surface area contributed by atoms with Gasteiger partial charge in [0.2, 0.25) is 11.9 Å². The molecule has 0 bridgehead atoms. The Bertz CT molecular complexity index is 747. The monoisotopic (exact) mass is 356 g/mol. The topological polar surface area (TPSA) is 59.4 Å². The largest absolute Gasteiger partial charge is 0.502 e. The Morgan fingerprint density at radius 3 is 2.88 bits per heavy atom. The fourth-order valence-electron chi connectivity index (χ4n) is 3.55. The summed E-state index contributed by atoms with van der Waals surface area (Å²) in [5.74, 6) is 1.27. The summed E-state index contributed by atoms with van der Waals surface area (Å²) in [6, 6.07) is 8.25. The number of fused-ring (bicyclic) bond motifs is 1. The number of nitrogens with one attached hydrogen (secondary N) is 1. The lowest BCUT2D eigenvalue weighted by atomic mass is 9.96. The molecule has 1 N–H and O–H groups in total. The first kappa shape index (κ1) is 18.3. The summed E-state index contributed by atoms with van der Waals surface area (Å²) >= 11 is 0. The molecule has 0 saturated carbocycles. The highest BCUT2D eigenvalue weighted by molar-refractivity contribution is 5.80. The number of nitrogens with zero attached hydrogens (tertiary/aromatic N) is 3. The Balaban J connectivity index is 1.55. The van der Waals surface area contributed by atoms with Crippen molar-refractivity contribution in [3.63, 3.8) is 0 Å². The molecule has 1 aromatic heterocycles. The summed E-state index contributed by atoms with van der Waals surface area (Å²) in [5.41, 5.74) is 2.21. The number of rotatable bonds is 8. The highest BCUT2D eigenvalue weighted by atomic mass is 16.5. The first-order valence-corrected chi connectivity index (χ1v) is 9.45. The van der Waals surface area contributed by atoms with Crippen molar-refractivity contribution in [2.75, 3.05) is 31.1 Å². The number of carbonyl (C=O) groups excluding carboxylic acids is 1. The van der Waals surface area contributed by atoms with Gasteiger partial charge in [-0.3, -0.25) is 4.79 Å². The van der Waals surface area contributed by atoms with E-state index in [2.05, 4.69) is 46.5 Å². The van der Waals surface area contributed by atoms with Crippen LogP contribution in [0.5, 0.6) is 0 Å². The number of carbonyl (C=O) groups is 1. The predicted molar refractivity (Wildman–Crippen MR) is 104 cm³/mol. The summed E-state index contributed by atoms with van der Waals surface area (Å²) in [5, 5.41) is 3.02. The zero-order valence-electron chi connectivity index (χ0n) is 15.5. The van der Waals surface area contributed by atoms with E-state index in [1.54, 1.807) is 0 Å². The van der Waals surface area contributed by atoms with E-state index in [1.807, 2.05) is 6.07 Å². The molecule has 2 aromatic rings. The Hall–Kier alpha value is -2.50. The smallest absolute Gasteiger partial charge is 0.223 e. The van der Waals surface area contributed by atoms with Crippen molar-refractivity contribution in [3.8, 4) is 0 Å². The standard InChI is InChI=1S/C20H28N4O2/c1-3-24-18-9-6-5-8-17(18)22-20(24)23-13-10-16(11-14-23)19(25)21-12-7-15-26-4-2/h4-6,8-9,16H,2-3,7,10-15H2,1H3,(H,21,25). The number of para-hydroxylation sites is 2. The minimum absolute atomic E-state index is 0.0889. The van der Waals surface area contributed by atoms with E-state index >= 15 is 0 Å². The third-order valence-electron chi connectivity index (χ3n) is 4.96. The highest BCUT2D eigenvalue weighted by Gasteiger charge is 2.27. The quantitative estimate of drug-likeness (QED) is 0.584. The molecule has 1 aliphatic heterocycles. The molecule has 1 amide bonds. The SMILES string of the molecule is C=COCCCNC(=O)C1CCN(c2nc3ccccc3n2CC)CC1. The lowest BCUT2D eigenvalue weighted by Gasteiger charge is -2.32. The Morgan fingerprint density at radius 2 is 2.15 bits per heavy atom. The Kier molecular flexibility index (Phi) is 6.15. The molecular weight excluding hydrogens is 328 g/mol. The lowest BCUT2D eigenvalue weighted by Crippen LogP contribution is -2.41. The van der Waals surface area contributed by atoms with Crippen molar-refractivity contribution in [2.45, 2.75) is 32.7 Å². The van der Waals surface area contributed by atoms with Gasteiger partial charge in [0.15, 0.2) is 0 Å². The van der Waals surface area contributed by atoms with Crippen molar-refractivity contribution in [3.05, 3.63) is 37.1 Å². The van der Waals surface area contributed by atoms with Crippen LogP contribution in [0.3, 0.4) is 0 Å². The number of hydrogen-bond acceptors (Lipinski definition) is 4. The second-order valence-corrected chi connectivity index (χ2v) is 6.59. The normalized spacial score (nSPS) is 15.2. The maximum atomic E-state index is 12.3. The van der Waals surface area contributed by atoms with Gasteiger partial charge in [-0.2, -0.15) is 0 Å². The van der Waals surface area contributed by atoms with Crippen molar-refractivity contribution < 1.29 is 9.53 Å². The maximum Gasteiger partial charge on any atom is 0.223 e. The molecule has 1 saturated heterocycles. The number of aryl methyl sites for hydroxylation is 1. The summed E-state index contributed by atoms with van der Waals surface area (Å²) in [4.78, 5) is 19.5. The molecule has 0 spiro atoms. The third-order valence-corrected chi connectivity index (χ3v) is 4.96. The highest BCUT2D eigenvalue weighted by Crippen LogP contribution is 2.26. The molecular formula is C20H28N4O2. The summed E-state index contributed by atoms with van der Waals surface area (Å²) in [7, 11) is 0. The van der Waals surface area contributed by atoms with Crippen LogP contribution in [0.2, 0.25) is 0 Å². The molecule has 6 heteroatoms. The van der Waals surface area contributed by atoms with Crippen LogP contribution in [0.4, 0.5) is 5.95 Å². The van der Waals surface area contributed by atoms with Gasteiger partial charge in [-0.1, -0.05) is 18.7 Å². The van der Waals surface area contributed by atoms with Gasteiger partial charge < -0.3 is 19.5 Å². The molecule has 1 aliphatic rings. The summed E-state index contributed by atoms with van der Waals surface area (Å²) in [6.45, 7) is 9.51. The van der Waals surface area contributed by atoms with Crippen molar-refractivity contribution in [1.82, 2.24) is 14.9 Å². The van der Waals surface area contributed by atoms with Crippen LogP contribution in [0.25, 0.3) is 11.0 Å². The zero-order valence-corrected chi connectivity index (χ0v) is 15.5. The molecule has 0 aliphatic carbocycles. The molecule has 3 rings (SSSR count). The average Bonchev–Trinajstić information content (AvgIpc) is 3.06. The fraction of sp³-hybridized carbons (Fsp3) is 0.500. The average molecular weight is 356 g/mol. The summed E-state index contributed by atoms with van der Waals surface area (Å²) < 4.78 is 7.33. The first-order chi connectivity index (χ1) is 12.7. The van der Waals surface area contributed by atoms with Gasteiger partial charge in [-0.15, -0.1) is 0 Å². The predicted octanol–water partition coefficient (Wildman–Crippen LogP) is 2.94. The van der Waals surface area contributed by atoms with Crippen LogP contribution < -0.4 is 10.2 Å². The second-order valence-electron chi connectivity index (χ2n) is 6.59. The minimum atomic E-state index is 0.0889. The Labute approximate surface area is 154 Å². The number of benzene rings is 1. The second kappa shape index (κ2) is 8.74. The van der Waals surface area contributed by atoms with Crippen molar-refractivity contribution in [1.29, 1.82) is 0 Å². The van der Waals surface area contributed by atoms with Gasteiger partial charge in [0.25, 0.3) is 0 Å². The number of aromatic nitrogens is 2. The van der Waals surface area contributed by atoms with Gasteiger partial charge in [0, 0.05) is 32.1 Å². The molecule has 26 heavy (non-hydrogen) atoms. The molecule has 0 atom stereocenters. The molecule has 1 fully saturated rings. The molecule has 0 radical (unpaired) electrons. The summed E-state index contributed by atoms with van der Waals surface area (Å²) in [6.07, 6.45) is 3.96. The van der Waals surface area contributed by atoms with Crippen LogP contribution in [0, 0.1) is 5.92 Å². The van der Waals surface area contributed by atoms with E-state index in [9.17, 15) is 4.79 Å². The van der Waals surface area contributed by atoms with E-state index in [1.165, 1.54) is 11.8 Å². The van der Waals surface area contributed by atoms with Crippen LogP contribution in [0.15, 0.2) is 37.1 Å². The van der Waals surface area contributed by atoms with Gasteiger partial charge >= 0.3 is 0 Å². The first-order valence-electron chi connectivity index (χ1n) is 9.45. The van der Waals surface area contributed by atoms with E-state index in [0.717, 1.165) is 50.4 Å². The van der Waals surface area contributed by atoms with E-state index < -0.39 is 0 Å². The molecule has 2 heterocycles. The number of imidazole rings is 1.